The molecule has 0 fully saturated rings. The smallest absolute Gasteiger partial charge is 0.121 e. The molecule has 0 aromatic carbocycles. The van der Waals surface area contributed by atoms with Gasteiger partial charge in [0.15, 0.2) is 0 Å². The molecule has 0 unspecified atom stereocenters. The molecule has 0 atom stereocenters. The highest BCUT2D eigenvalue weighted by Gasteiger charge is 1.96. The van der Waals surface area contributed by atoms with E-state index >= 15 is 0 Å². The van der Waals surface area contributed by atoms with Gasteiger partial charge in [0.2, 0.25) is 0 Å². The Morgan fingerprint density at radius 2 is 2.55 bits per heavy atom. The van der Waals surface area contributed by atoms with Crippen LogP contribution in [0.3, 0.4) is 0 Å². The summed E-state index contributed by atoms with van der Waals surface area (Å²) in [6, 6.07) is 5.55. The Labute approximate surface area is 64.9 Å². The molecule has 3 nitrogen and oxygen atoms in total. The molecule has 1 aromatic heterocycles. The number of aromatic nitrogens is 1. The van der Waals surface area contributed by atoms with Crippen LogP contribution in [0.25, 0.3) is 0 Å². The molecule has 0 radical (unpaired) electrons. The number of carbonyl (C=O) groups is 1. The average Bonchev–Trinajstić information content (AvgIpc) is 2.47. The minimum atomic E-state index is 0.462. The summed E-state index contributed by atoms with van der Waals surface area (Å²) in [6.07, 6.45) is 3.10. The van der Waals surface area contributed by atoms with Crippen LogP contribution in [-0.4, -0.2) is 10.9 Å². The van der Waals surface area contributed by atoms with Gasteiger partial charge in [-0.25, -0.2) is 0 Å². The molecule has 56 valence electrons. The van der Waals surface area contributed by atoms with Gasteiger partial charge in [-0.15, -0.1) is 0 Å². The maximum absolute atomic E-state index is 10.0. The number of aryl methyl sites for hydroxylation is 1. The van der Waals surface area contributed by atoms with E-state index in [9.17, 15) is 4.79 Å². The highest BCUT2D eigenvalue weighted by molar-refractivity contribution is 5.49. The van der Waals surface area contributed by atoms with Gasteiger partial charge in [0.25, 0.3) is 0 Å². The SMILES string of the molecule is N#Cc1cccn1CCC=O. The normalized spacial score (nSPS) is 9.00. The molecule has 0 saturated carbocycles. The lowest BCUT2D eigenvalue weighted by atomic mass is 10.4. The Morgan fingerprint density at radius 1 is 1.73 bits per heavy atom. The predicted octanol–water partition coefficient (Wildman–Crippen LogP) is 0.949. The molecule has 0 aliphatic rings. The van der Waals surface area contributed by atoms with Gasteiger partial charge in [-0.3, -0.25) is 0 Å². The van der Waals surface area contributed by atoms with Crippen molar-refractivity contribution in [2.24, 2.45) is 0 Å². The zero-order valence-electron chi connectivity index (χ0n) is 6.03. The molecule has 1 heterocycles. The number of hydrogen-bond acceptors (Lipinski definition) is 2. The van der Waals surface area contributed by atoms with Crippen LogP contribution in [0.1, 0.15) is 12.1 Å². The van der Waals surface area contributed by atoms with E-state index in [0.29, 0.717) is 18.7 Å². The zero-order valence-corrected chi connectivity index (χ0v) is 6.03. The Bertz CT molecular complexity index is 283. The minimum Gasteiger partial charge on any atom is -0.339 e. The van der Waals surface area contributed by atoms with Gasteiger partial charge < -0.3 is 9.36 Å². The Kier molecular flexibility index (Phi) is 2.45. The van der Waals surface area contributed by atoms with Crippen molar-refractivity contribution >= 4 is 6.29 Å². The van der Waals surface area contributed by atoms with Gasteiger partial charge in [-0.05, 0) is 12.1 Å². The standard InChI is InChI=1S/C8H8N2O/c9-7-8-3-1-4-10(8)5-2-6-11/h1,3-4,6H,2,5H2. The summed E-state index contributed by atoms with van der Waals surface area (Å²) < 4.78 is 1.76. The second-order valence-corrected chi connectivity index (χ2v) is 2.15. The van der Waals surface area contributed by atoms with Gasteiger partial charge >= 0.3 is 0 Å². The number of carbonyl (C=O) groups excluding carboxylic acids is 1. The van der Waals surface area contributed by atoms with Crippen LogP contribution in [0.15, 0.2) is 18.3 Å². The third-order valence-corrected chi connectivity index (χ3v) is 1.43. The lowest BCUT2D eigenvalue weighted by Crippen LogP contribution is -1.98. The van der Waals surface area contributed by atoms with Crippen molar-refractivity contribution in [1.29, 1.82) is 5.26 Å². The summed E-state index contributed by atoms with van der Waals surface area (Å²) in [5.41, 5.74) is 0.604. The number of rotatable bonds is 3. The lowest BCUT2D eigenvalue weighted by Gasteiger charge is -1.98. The number of hydrogen-bond donors (Lipinski definition) is 0. The predicted molar refractivity (Wildman–Crippen MR) is 39.8 cm³/mol. The fraction of sp³-hybridized carbons (Fsp3) is 0.250. The quantitative estimate of drug-likeness (QED) is 0.599. The second kappa shape index (κ2) is 3.57. The molecule has 0 aliphatic carbocycles. The van der Waals surface area contributed by atoms with E-state index < -0.39 is 0 Å². The van der Waals surface area contributed by atoms with Crippen molar-refractivity contribution in [3.63, 3.8) is 0 Å². The van der Waals surface area contributed by atoms with Gasteiger partial charge in [-0.1, -0.05) is 0 Å². The molecule has 11 heavy (non-hydrogen) atoms. The molecule has 0 saturated heterocycles. The maximum atomic E-state index is 10.0. The van der Waals surface area contributed by atoms with E-state index in [1.54, 1.807) is 22.9 Å². The monoisotopic (exact) mass is 148 g/mol. The van der Waals surface area contributed by atoms with Crippen LogP contribution in [-0.2, 0) is 11.3 Å². The first-order chi connectivity index (χ1) is 5.38. The highest BCUT2D eigenvalue weighted by atomic mass is 16.1. The van der Waals surface area contributed by atoms with Crippen LogP contribution >= 0.6 is 0 Å². The first-order valence-electron chi connectivity index (χ1n) is 3.37. The van der Waals surface area contributed by atoms with E-state index in [0.717, 1.165) is 6.29 Å². The van der Waals surface area contributed by atoms with Gasteiger partial charge in [0.05, 0.1) is 0 Å². The summed E-state index contributed by atoms with van der Waals surface area (Å²) in [6.45, 7) is 0.597. The van der Waals surface area contributed by atoms with Gasteiger partial charge in [0.1, 0.15) is 18.0 Å². The molecule has 1 aromatic rings. The third kappa shape index (κ3) is 1.68. The maximum Gasteiger partial charge on any atom is 0.121 e. The van der Waals surface area contributed by atoms with E-state index in [-0.39, 0.29) is 0 Å². The molecule has 0 amide bonds. The van der Waals surface area contributed by atoms with Crippen LogP contribution < -0.4 is 0 Å². The topological polar surface area (TPSA) is 45.8 Å². The lowest BCUT2D eigenvalue weighted by molar-refractivity contribution is -0.108. The molecule has 0 aliphatic heterocycles. The fourth-order valence-corrected chi connectivity index (χ4v) is 0.902. The van der Waals surface area contributed by atoms with Crippen molar-refractivity contribution in [3.8, 4) is 6.07 Å². The van der Waals surface area contributed by atoms with Gasteiger partial charge in [0, 0.05) is 19.2 Å². The molecule has 0 spiro atoms. The van der Waals surface area contributed by atoms with E-state index in [1.165, 1.54) is 0 Å². The fourth-order valence-electron chi connectivity index (χ4n) is 0.902. The first-order valence-corrected chi connectivity index (χ1v) is 3.37. The van der Waals surface area contributed by atoms with Crippen molar-refractivity contribution in [2.45, 2.75) is 13.0 Å². The number of nitriles is 1. The Morgan fingerprint density at radius 3 is 3.18 bits per heavy atom. The summed E-state index contributed by atoms with van der Waals surface area (Å²) in [4.78, 5) is 10.0. The van der Waals surface area contributed by atoms with Crippen LogP contribution in [0.5, 0.6) is 0 Å². The van der Waals surface area contributed by atoms with Crippen molar-refractivity contribution in [2.75, 3.05) is 0 Å². The summed E-state index contributed by atoms with van der Waals surface area (Å²) in [5, 5.41) is 8.55. The van der Waals surface area contributed by atoms with Gasteiger partial charge in [-0.2, -0.15) is 5.26 Å². The Balaban J connectivity index is 2.70. The molecule has 0 bridgehead atoms. The van der Waals surface area contributed by atoms with Crippen LogP contribution in [0.4, 0.5) is 0 Å². The highest BCUT2D eigenvalue weighted by Crippen LogP contribution is 2.00. The van der Waals surface area contributed by atoms with Crippen molar-refractivity contribution in [3.05, 3.63) is 24.0 Å². The molecular weight excluding hydrogens is 140 g/mol. The molecule has 0 N–H and O–H groups in total. The van der Waals surface area contributed by atoms with E-state index in [4.69, 9.17) is 5.26 Å². The minimum absolute atomic E-state index is 0.462. The van der Waals surface area contributed by atoms with Crippen molar-refractivity contribution in [1.82, 2.24) is 4.57 Å². The van der Waals surface area contributed by atoms with E-state index in [1.807, 2.05) is 6.07 Å². The largest absolute Gasteiger partial charge is 0.339 e. The summed E-state index contributed by atoms with van der Waals surface area (Å²) in [7, 11) is 0. The summed E-state index contributed by atoms with van der Waals surface area (Å²) >= 11 is 0. The molecule has 3 heteroatoms. The molecule has 1 rings (SSSR count). The van der Waals surface area contributed by atoms with E-state index in [2.05, 4.69) is 0 Å². The number of aldehydes is 1. The number of nitrogens with zero attached hydrogens (tertiary/aromatic N) is 2. The van der Waals surface area contributed by atoms with Crippen molar-refractivity contribution < 1.29 is 4.79 Å². The zero-order chi connectivity index (χ0) is 8.10. The summed E-state index contributed by atoms with van der Waals surface area (Å²) in [5.74, 6) is 0. The van der Waals surface area contributed by atoms with Crippen LogP contribution in [0, 0.1) is 11.3 Å². The second-order valence-electron chi connectivity index (χ2n) is 2.15. The average molecular weight is 148 g/mol. The first kappa shape index (κ1) is 7.55. The Hall–Kier alpha value is -1.56. The molecular formula is C8H8N2O. The third-order valence-electron chi connectivity index (χ3n) is 1.43. The van der Waals surface area contributed by atoms with Crippen LogP contribution in [0.2, 0.25) is 0 Å².